The van der Waals surface area contributed by atoms with Gasteiger partial charge < -0.3 is 36.3 Å². The van der Waals surface area contributed by atoms with E-state index in [2.05, 4.69) is 21.3 Å². The van der Waals surface area contributed by atoms with Crippen LogP contribution in [0.25, 0.3) is 0 Å². The fraction of sp³-hybridized carbons (Fsp3) is 0.462. The van der Waals surface area contributed by atoms with Gasteiger partial charge in [-0.15, -0.1) is 0 Å². The van der Waals surface area contributed by atoms with E-state index in [1.54, 1.807) is 30.3 Å². The molecule has 4 amide bonds. The summed E-state index contributed by atoms with van der Waals surface area (Å²) in [5.74, 6) is -5.07. The first kappa shape index (κ1) is 44.4. The number of amides is 4. The first-order chi connectivity index (χ1) is 25.9. The highest BCUT2D eigenvalue weighted by Gasteiger charge is 2.28. The Labute approximate surface area is 314 Å². The lowest BCUT2D eigenvalue weighted by molar-refractivity contribution is -0.139. The summed E-state index contributed by atoms with van der Waals surface area (Å²) in [6.07, 6.45) is 0.684. The van der Waals surface area contributed by atoms with Crippen LogP contribution in [-0.4, -0.2) is 88.8 Å². The monoisotopic (exact) mass is 750 g/mol. The second-order valence-electron chi connectivity index (χ2n) is 12.9. The fourth-order valence-corrected chi connectivity index (χ4v) is 5.48. The van der Waals surface area contributed by atoms with Crippen molar-refractivity contribution < 1.29 is 53.4 Å². The minimum Gasteiger partial charge on any atom is -0.481 e. The molecule has 0 heterocycles. The van der Waals surface area contributed by atoms with Gasteiger partial charge >= 0.3 is 18.0 Å². The molecule has 0 radical (unpaired) electrons. The molecule has 0 saturated heterocycles. The zero-order valence-corrected chi connectivity index (χ0v) is 30.3. The van der Waals surface area contributed by atoms with Gasteiger partial charge in [0.25, 0.3) is 0 Å². The van der Waals surface area contributed by atoms with Gasteiger partial charge in [-0.1, -0.05) is 60.7 Å². The number of rotatable bonds is 28. The number of ketones is 3. The molecule has 54 heavy (non-hydrogen) atoms. The zero-order valence-electron chi connectivity index (χ0n) is 30.3. The molecule has 0 aliphatic rings. The highest BCUT2D eigenvalue weighted by molar-refractivity contribution is 5.93. The van der Waals surface area contributed by atoms with Gasteiger partial charge in [0.15, 0.2) is 5.78 Å². The molecule has 6 N–H and O–H groups in total. The summed E-state index contributed by atoms with van der Waals surface area (Å²) < 4.78 is 0. The third kappa shape index (κ3) is 19.2. The Balaban J connectivity index is 2.02. The van der Waals surface area contributed by atoms with Crippen LogP contribution in [0.3, 0.4) is 0 Å². The van der Waals surface area contributed by atoms with Crippen molar-refractivity contribution in [3.05, 3.63) is 71.8 Å². The Morgan fingerprint density at radius 2 is 1.22 bits per heavy atom. The minimum absolute atomic E-state index is 0.0152. The number of aldehydes is 1. The Morgan fingerprint density at radius 1 is 0.630 bits per heavy atom. The molecule has 3 atom stereocenters. The van der Waals surface area contributed by atoms with E-state index in [9.17, 15) is 48.3 Å². The van der Waals surface area contributed by atoms with Gasteiger partial charge in [-0.2, -0.15) is 0 Å². The zero-order chi connectivity index (χ0) is 39.7. The molecule has 2 aromatic carbocycles. The lowest BCUT2D eigenvalue weighted by Crippen LogP contribution is -2.46. The van der Waals surface area contributed by atoms with E-state index in [1.807, 2.05) is 30.3 Å². The Kier molecular flexibility index (Phi) is 20.8. The summed E-state index contributed by atoms with van der Waals surface area (Å²) >= 11 is 0. The van der Waals surface area contributed by atoms with Crippen molar-refractivity contribution in [2.75, 3.05) is 13.1 Å². The van der Waals surface area contributed by atoms with E-state index < -0.39 is 53.4 Å². The fourth-order valence-electron chi connectivity index (χ4n) is 5.48. The lowest BCUT2D eigenvalue weighted by Gasteiger charge is -2.22. The van der Waals surface area contributed by atoms with E-state index in [1.165, 1.54) is 0 Å². The smallest absolute Gasteiger partial charge is 0.326 e. The molecule has 0 spiro atoms. The maximum Gasteiger partial charge on any atom is 0.326 e. The topological polar surface area (TPSA) is 242 Å². The van der Waals surface area contributed by atoms with Gasteiger partial charge in [0, 0.05) is 70.4 Å². The van der Waals surface area contributed by atoms with Gasteiger partial charge in [-0.05, 0) is 43.2 Å². The Bertz CT molecular complexity index is 1570. The summed E-state index contributed by atoms with van der Waals surface area (Å²) in [6, 6.07) is 14.9. The molecule has 2 aromatic rings. The van der Waals surface area contributed by atoms with E-state index in [0.29, 0.717) is 12.7 Å². The number of Topliss-reactive ketones (excluding diaryl/α,β-unsaturated/α-hetero) is 3. The van der Waals surface area contributed by atoms with Crippen molar-refractivity contribution in [1.29, 1.82) is 0 Å². The summed E-state index contributed by atoms with van der Waals surface area (Å²) in [6.45, 7) is 0.218. The van der Waals surface area contributed by atoms with Gasteiger partial charge in [-0.25, -0.2) is 9.59 Å². The summed E-state index contributed by atoms with van der Waals surface area (Å²) in [4.78, 5) is 110. The predicted octanol–water partition coefficient (Wildman–Crippen LogP) is 2.72. The number of carboxylic acids is 2. The third-order valence-electron chi connectivity index (χ3n) is 8.42. The van der Waals surface area contributed by atoms with E-state index in [4.69, 9.17) is 5.11 Å². The molecule has 15 nitrogen and oxygen atoms in total. The average molecular weight is 751 g/mol. The molecule has 0 aliphatic heterocycles. The second kappa shape index (κ2) is 25.3. The predicted molar refractivity (Wildman–Crippen MR) is 196 cm³/mol. The molecule has 0 aromatic heterocycles. The summed E-state index contributed by atoms with van der Waals surface area (Å²) in [7, 11) is 0. The van der Waals surface area contributed by atoms with Crippen LogP contribution in [0.1, 0.15) is 81.8 Å². The molecule has 0 saturated carbocycles. The second-order valence-corrected chi connectivity index (χ2v) is 12.9. The molecule has 2 rings (SSSR count). The maximum absolute atomic E-state index is 13.8. The molecule has 0 fully saturated rings. The molecule has 292 valence electrons. The number of benzene rings is 2. The number of carbonyl (C=O) groups is 9. The largest absolute Gasteiger partial charge is 0.481 e. The Hall–Kier alpha value is -5.73. The van der Waals surface area contributed by atoms with E-state index in [0.717, 1.165) is 11.1 Å². The van der Waals surface area contributed by atoms with Crippen LogP contribution in [0, 0.1) is 5.92 Å². The third-order valence-corrected chi connectivity index (χ3v) is 8.42. The normalized spacial score (nSPS) is 12.3. The van der Waals surface area contributed by atoms with Gasteiger partial charge in [0.05, 0.1) is 6.04 Å². The minimum atomic E-state index is -1.40. The lowest BCUT2D eigenvalue weighted by atomic mass is 9.89. The molecule has 15 heteroatoms. The van der Waals surface area contributed by atoms with Crippen molar-refractivity contribution in [3.63, 3.8) is 0 Å². The highest BCUT2D eigenvalue weighted by Crippen LogP contribution is 2.17. The first-order valence-electron chi connectivity index (χ1n) is 18.0. The molecular formula is C39H50N4O11. The molecular weight excluding hydrogens is 700 g/mol. The average Bonchev–Trinajstić information content (AvgIpc) is 3.15. The molecule has 3 unspecified atom stereocenters. The number of carbonyl (C=O) groups excluding carboxylic acids is 7. The summed E-state index contributed by atoms with van der Waals surface area (Å²) in [5.41, 5.74) is 1.59. The van der Waals surface area contributed by atoms with Crippen LogP contribution in [0.4, 0.5) is 4.79 Å². The number of hydrogen-bond acceptors (Lipinski definition) is 9. The maximum atomic E-state index is 13.8. The number of aliphatic carboxylic acids is 2. The van der Waals surface area contributed by atoms with Crippen LogP contribution < -0.4 is 21.3 Å². The van der Waals surface area contributed by atoms with Gasteiger partial charge in [0.1, 0.15) is 23.9 Å². The van der Waals surface area contributed by atoms with Crippen molar-refractivity contribution in [3.8, 4) is 0 Å². The van der Waals surface area contributed by atoms with Crippen molar-refractivity contribution in [2.24, 2.45) is 5.92 Å². The number of hydrogen-bond donors (Lipinski definition) is 6. The van der Waals surface area contributed by atoms with Crippen molar-refractivity contribution in [1.82, 2.24) is 21.3 Å². The number of nitrogens with one attached hydrogen (secondary N) is 4. The SMILES string of the molecule is O=CCCC(=O)CCCNC(=O)C(CC(=O)C(Cc1ccccc1)NC(=O)CCC(=O)CCC(NC(=O)NCCCC(=O)O)C(=O)O)Cc1ccccc1. The van der Waals surface area contributed by atoms with Crippen LogP contribution in [0.5, 0.6) is 0 Å². The Morgan fingerprint density at radius 3 is 1.83 bits per heavy atom. The number of urea groups is 1. The highest BCUT2D eigenvalue weighted by atomic mass is 16.4. The van der Waals surface area contributed by atoms with Gasteiger partial charge in [0.2, 0.25) is 11.8 Å². The summed E-state index contributed by atoms with van der Waals surface area (Å²) in [5, 5.41) is 28.3. The quantitative estimate of drug-likeness (QED) is 0.0546. The van der Waals surface area contributed by atoms with Crippen LogP contribution in [0.15, 0.2) is 60.7 Å². The molecule has 0 aliphatic carbocycles. The standard InChI is InChI=1S/C39H50N4O11/c44-23-9-15-30(45)14-7-21-40-37(51)29(24-27-10-3-1-4-11-27)26-34(47)33(25-28-12-5-2-6-13-28)42-35(48)20-18-31(46)17-19-32(38(52)53)43-39(54)41-22-8-16-36(49)50/h1-6,10-13,23,29,32-33H,7-9,14-22,24-26H2,(H,40,51)(H,42,48)(H,49,50)(H,52,53)(H2,41,43,54). The van der Waals surface area contributed by atoms with Crippen molar-refractivity contribution >= 4 is 53.4 Å². The first-order valence-corrected chi connectivity index (χ1v) is 18.0. The molecule has 0 bridgehead atoms. The van der Waals surface area contributed by atoms with Crippen LogP contribution in [0.2, 0.25) is 0 Å². The number of carboxylic acid groups (broad SMARTS) is 2. The van der Waals surface area contributed by atoms with E-state index in [-0.39, 0.29) is 102 Å². The van der Waals surface area contributed by atoms with Crippen LogP contribution in [-0.2, 0) is 51.2 Å². The van der Waals surface area contributed by atoms with Gasteiger partial charge in [-0.3, -0.25) is 28.8 Å². The van der Waals surface area contributed by atoms with Crippen molar-refractivity contribution in [2.45, 2.75) is 95.6 Å². The van der Waals surface area contributed by atoms with E-state index >= 15 is 0 Å². The van der Waals surface area contributed by atoms with Crippen LogP contribution >= 0.6 is 0 Å².